The van der Waals surface area contributed by atoms with E-state index >= 15 is 0 Å². The van der Waals surface area contributed by atoms with Crippen molar-refractivity contribution in [1.29, 1.82) is 0 Å². The normalized spacial score (nSPS) is 17.1. The van der Waals surface area contributed by atoms with Gasteiger partial charge in [0.2, 0.25) is 5.91 Å². The lowest BCUT2D eigenvalue weighted by Crippen LogP contribution is -2.38. The van der Waals surface area contributed by atoms with E-state index in [0.717, 1.165) is 43.4 Å². The number of thiazole rings is 1. The zero-order chi connectivity index (χ0) is 14.8. The molecule has 0 bridgehead atoms. The van der Waals surface area contributed by atoms with E-state index in [9.17, 15) is 9.59 Å². The Balaban J connectivity index is 2.00. The number of hydrogen-bond acceptors (Lipinski definition) is 4. The van der Waals surface area contributed by atoms with Crippen molar-refractivity contribution in [3.05, 3.63) is 15.6 Å². The summed E-state index contributed by atoms with van der Waals surface area (Å²) in [6.07, 6.45) is 4.98. The molecule has 0 atom stereocenters. The highest BCUT2D eigenvalue weighted by Gasteiger charge is 2.39. The lowest BCUT2D eigenvalue weighted by molar-refractivity contribution is -0.131. The number of carboxylic acid groups (broad SMARTS) is 1. The molecule has 1 aromatic heterocycles. The van der Waals surface area contributed by atoms with Crippen LogP contribution in [0.4, 0.5) is 0 Å². The summed E-state index contributed by atoms with van der Waals surface area (Å²) in [5.74, 6) is -0.874. The maximum Gasteiger partial charge on any atom is 0.347 e. The van der Waals surface area contributed by atoms with Gasteiger partial charge in [-0.1, -0.05) is 19.8 Å². The van der Waals surface area contributed by atoms with E-state index in [1.165, 1.54) is 0 Å². The SMILES string of the molecule is CCC1(C(=O)NCc2nc(C)c(C(=O)O)s2)CCCC1. The van der Waals surface area contributed by atoms with Gasteiger partial charge in [-0.3, -0.25) is 4.79 Å². The molecule has 0 radical (unpaired) electrons. The van der Waals surface area contributed by atoms with Crippen molar-refractivity contribution in [2.24, 2.45) is 5.41 Å². The van der Waals surface area contributed by atoms with Crippen molar-refractivity contribution in [1.82, 2.24) is 10.3 Å². The molecule has 0 spiro atoms. The first-order chi connectivity index (χ1) is 9.48. The van der Waals surface area contributed by atoms with Crippen LogP contribution in [0, 0.1) is 12.3 Å². The van der Waals surface area contributed by atoms with Crippen LogP contribution in [0.5, 0.6) is 0 Å². The van der Waals surface area contributed by atoms with Crippen molar-refractivity contribution in [3.8, 4) is 0 Å². The van der Waals surface area contributed by atoms with Crippen LogP contribution in [0.2, 0.25) is 0 Å². The Labute approximate surface area is 122 Å². The Bertz CT molecular complexity index is 518. The molecule has 0 unspecified atom stereocenters. The molecule has 1 aromatic rings. The Morgan fingerprint density at radius 2 is 2.05 bits per heavy atom. The molecule has 1 aliphatic rings. The number of amides is 1. The zero-order valence-electron chi connectivity index (χ0n) is 11.9. The lowest BCUT2D eigenvalue weighted by Gasteiger charge is -2.25. The molecule has 1 fully saturated rings. The number of carbonyl (C=O) groups is 2. The van der Waals surface area contributed by atoms with Gasteiger partial charge in [0, 0.05) is 5.41 Å². The van der Waals surface area contributed by atoms with Crippen LogP contribution in [-0.4, -0.2) is 22.0 Å². The Morgan fingerprint density at radius 1 is 1.40 bits per heavy atom. The number of carboxylic acids is 1. The predicted molar refractivity (Wildman–Crippen MR) is 76.8 cm³/mol. The highest BCUT2D eigenvalue weighted by atomic mass is 32.1. The van der Waals surface area contributed by atoms with Gasteiger partial charge in [-0.15, -0.1) is 11.3 Å². The van der Waals surface area contributed by atoms with Gasteiger partial charge in [-0.05, 0) is 26.2 Å². The van der Waals surface area contributed by atoms with Gasteiger partial charge < -0.3 is 10.4 Å². The third-order valence-electron chi connectivity index (χ3n) is 4.15. The number of hydrogen-bond donors (Lipinski definition) is 2. The van der Waals surface area contributed by atoms with E-state index in [4.69, 9.17) is 5.11 Å². The minimum Gasteiger partial charge on any atom is -0.477 e. The number of rotatable bonds is 5. The first-order valence-electron chi connectivity index (χ1n) is 6.96. The van der Waals surface area contributed by atoms with E-state index in [1.807, 2.05) is 0 Å². The van der Waals surface area contributed by atoms with Gasteiger partial charge in [-0.25, -0.2) is 9.78 Å². The molecule has 1 saturated carbocycles. The van der Waals surface area contributed by atoms with Crippen molar-refractivity contribution in [2.45, 2.75) is 52.5 Å². The van der Waals surface area contributed by atoms with Gasteiger partial charge in [0.15, 0.2) is 0 Å². The molecule has 2 rings (SSSR count). The van der Waals surface area contributed by atoms with Gasteiger partial charge >= 0.3 is 5.97 Å². The quantitative estimate of drug-likeness (QED) is 0.875. The first kappa shape index (κ1) is 15.0. The largest absolute Gasteiger partial charge is 0.477 e. The molecule has 5 nitrogen and oxygen atoms in total. The molecule has 0 saturated heterocycles. The molecule has 2 N–H and O–H groups in total. The molecule has 110 valence electrons. The lowest BCUT2D eigenvalue weighted by atomic mass is 9.82. The number of aryl methyl sites for hydroxylation is 1. The molecule has 1 heterocycles. The van der Waals surface area contributed by atoms with E-state index < -0.39 is 5.97 Å². The van der Waals surface area contributed by atoms with Crippen molar-refractivity contribution in [3.63, 3.8) is 0 Å². The molecule has 20 heavy (non-hydrogen) atoms. The zero-order valence-corrected chi connectivity index (χ0v) is 12.7. The third kappa shape index (κ3) is 2.85. The fourth-order valence-corrected chi connectivity index (χ4v) is 3.71. The fourth-order valence-electron chi connectivity index (χ4n) is 2.86. The van der Waals surface area contributed by atoms with E-state index in [1.54, 1.807) is 6.92 Å². The van der Waals surface area contributed by atoms with Crippen molar-refractivity contribution in [2.75, 3.05) is 0 Å². The number of aromatic carboxylic acids is 1. The maximum atomic E-state index is 12.3. The summed E-state index contributed by atoms with van der Waals surface area (Å²) in [4.78, 5) is 27.8. The maximum absolute atomic E-state index is 12.3. The molecule has 0 aliphatic heterocycles. The number of nitrogens with one attached hydrogen (secondary N) is 1. The Hall–Kier alpha value is -1.43. The van der Waals surface area contributed by atoms with Gasteiger partial charge in [0.25, 0.3) is 0 Å². The monoisotopic (exact) mass is 296 g/mol. The highest BCUT2D eigenvalue weighted by Crippen LogP contribution is 2.41. The predicted octanol–water partition coefficient (Wildman–Crippen LogP) is 2.74. The second kappa shape index (κ2) is 5.91. The third-order valence-corrected chi connectivity index (χ3v) is 5.30. The molecule has 6 heteroatoms. The summed E-state index contributed by atoms with van der Waals surface area (Å²) in [6.45, 7) is 4.05. The summed E-state index contributed by atoms with van der Waals surface area (Å²) in [5.41, 5.74) is 0.292. The standard InChI is InChI=1S/C14H20N2O3S/c1-3-14(6-4-5-7-14)13(19)15-8-10-16-9(2)11(20-10)12(17)18/h3-8H2,1-2H3,(H,15,19)(H,17,18). The second-order valence-corrected chi connectivity index (χ2v) is 6.43. The molecule has 0 aromatic carbocycles. The summed E-state index contributed by atoms with van der Waals surface area (Å²) in [6, 6.07) is 0. The summed E-state index contributed by atoms with van der Waals surface area (Å²) < 4.78 is 0. The van der Waals surface area contributed by atoms with E-state index in [2.05, 4.69) is 17.2 Å². The van der Waals surface area contributed by atoms with Crippen molar-refractivity contribution >= 4 is 23.2 Å². The average molecular weight is 296 g/mol. The minimum atomic E-state index is -0.960. The van der Waals surface area contributed by atoms with Gasteiger partial charge in [0.05, 0.1) is 12.2 Å². The van der Waals surface area contributed by atoms with Crippen LogP contribution in [0.25, 0.3) is 0 Å². The summed E-state index contributed by atoms with van der Waals surface area (Å²) in [7, 11) is 0. The highest BCUT2D eigenvalue weighted by molar-refractivity contribution is 7.13. The second-order valence-electron chi connectivity index (χ2n) is 5.35. The summed E-state index contributed by atoms with van der Waals surface area (Å²) >= 11 is 1.13. The van der Waals surface area contributed by atoms with Crippen LogP contribution in [0.15, 0.2) is 0 Å². The Morgan fingerprint density at radius 3 is 2.55 bits per heavy atom. The topological polar surface area (TPSA) is 79.3 Å². The smallest absolute Gasteiger partial charge is 0.347 e. The van der Waals surface area contributed by atoms with Crippen LogP contribution in [0.1, 0.15) is 59.4 Å². The summed E-state index contributed by atoms with van der Waals surface area (Å²) in [5, 5.41) is 12.6. The number of aromatic nitrogens is 1. The minimum absolute atomic E-state index is 0.0854. The van der Waals surface area contributed by atoms with Gasteiger partial charge in [0.1, 0.15) is 9.88 Å². The van der Waals surface area contributed by atoms with Crippen LogP contribution in [0.3, 0.4) is 0 Å². The average Bonchev–Trinajstić information content (AvgIpc) is 3.03. The fraction of sp³-hybridized carbons (Fsp3) is 0.643. The first-order valence-corrected chi connectivity index (χ1v) is 7.78. The Kier molecular flexibility index (Phi) is 4.42. The van der Waals surface area contributed by atoms with Crippen LogP contribution in [-0.2, 0) is 11.3 Å². The molecular formula is C14H20N2O3S. The number of carbonyl (C=O) groups excluding carboxylic acids is 1. The molecular weight excluding hydrogens is 276 g/mol. The van der Waals surface area contributed by atoms with Crippen LogP contribution < -0.4 is 5.32 Å². The molecule has 1 aliphatic carbocycles. The molecule has 1 amide bonds. The number of nitrogens with zero attached hydrogens (tertiary/aromatic N) is 1. The van der Waals surface area contributed by atoms with Crippen molar-refractivity contribution < 1.29 is 14.7 Å². The van der Waals surface area contributed by atoms with Gasteiger partial charge in [-0.2, -0.15) is 0 Å². The van der Waals surface area contributed by atoms with Crippen LogP contribution >= 0.6 is 11.3 Å². The van der Waals surface area contributed by atoms with E-state index in [-0.39, 0.29) is 16.2 Å². The van der Waals surface area contributed by atoms with E-state index in [0.29, 0.717) is 17.2 Å².